The zero-order valence-corrected chi connectivity index (χ0v) is 9.70. The van der Waals surface area contributed by atoms with Crippen LogP contribution >= 0.6 is 0 Å². The van der Waals surface area contributed by atoms with Crippen LogP contribution in [0, 0.1) is 17.8 Å². The number of rotatable bonds is 3. The van der Waals surface area contributed by atoms with E-state index in [2.05, 4.69) is 16.7 Å². The lowest BCUT2D eigenvalue weighted by atomic mass is 10.1. The highest BCUT2D eigenvalue weighted by Crippen LogP contribution is 2.03. The van der Waals surface area contributed by atoms with Gasteiger partial charge in [-0.05, 0) is 5.92 Å². The summed E-state index contributed by atoms with van der Waals surface area (Å²) in [5.41, 5.74) is 0. The van der Waals surface area contributed by atoms with Crippen molar-refractivity contribution < 1.29 is 9.84 Å². The fourth-order valence-corrected chi connectivity index (χ4v) is 1.34. The number of hydrogen-bond donors (Lipinski definition) is 1. The first-order valence-electron chi connectivity index (χ1n) is 5.64. The Kier molecular flexibility index (Phi) is 5.70. The third-order valence-corrected chi connectivity index (χ3v) is 2.61. The van der Waals surface area contributed by atoms with Crippen LogP contribution in [-0.2, 0) is 4.74 Å². The van der Waals surface area contributed by atoms with E-state index in [9.17, 15) is 5.11 Å². The molecule has 0 spiro atoms. The molecule has 86 valence electrons. The molecule has 0 aromatic carbocycles. The molecule has 0 aromatic heterocycles. The van der Waals surface area contributed by atoms with Crippen molar-refractivity contribution in [3.8, 4) is 11.8 Å². The highest BCUT2D eigenvalue weighted by molar-refractivity contribution is 5.02. The molecule has 1 atom stereocenters. The molecule has 1 aliphatic rings. The smallest absolute Gasteiger partial charge is 0.0672 e. The lowest BCUT2D eigenvalue weighted by Gasteiger charge is -2.24. The second kappa shape index (κ2) is 6.84. The fourth-order valence-electron chi connectivity index (χ4n) is 1.34. The van der Waals surface area contributed by atoms with Gasteiger partial charge in [-0.3, -0.25) is 4.90 Å². The van der Waals surface area contributed by atoms with Crippen LogP contribution < -0.4 is 0 Å². The highest BCUT2D eigenvalue weighted by Gasteiger charge is 2.08. The monoisotopic (exact) mass is 211 g/mol. The Bertz CT molecular complexity index is 224. The zero-order valence-electron chi connectivity index (χ0n) is 9.70. The second-order valence-corrected chi connectivity index (χ2v) is 4.26. The van der Waals surface area contributed by atoms with Crippen LogP contribution in [0.15, 0.2) is 0 Å². The van der Waals surface area contributed by atoms with Gasteiger partial charge in [-0.1, -0.05) is 25.7 Å². The number of aliphatic hydroxyl groups is 1. The van der Waals surface area contributed by atoms with Crippen molar-refractivity contribution in [2.24, 2.45) is 5.92 Å². The summed E-state index contributed by atoms with van der Waals surface area (Å²) in [6.07, 6.45) is 0.296. The molecule has 0 amide bonds. The Hall–Kier alpha value is -0.560. The van der Waals surface area contributed by atoms with Gasteiger partial charge in [0.05, 0.1) is 25.9 Å². The minimum Gasteiger partial charge on any atom is -0.392 e. The van der Waals surface area contributed by atoms with Crippen LogP contribution in [0.1, 0.15) is 20.3 Å². The highest BCUT2D eigenvalue weighted by atomic mass is 16.5. The Morgan fingerprint density at radius 2 is 1.93 bits per heavy atom. The molecule has 0 saturated carbocycles. The first kappa shape index (κ1) is 12.5. The van der Waals surface area contributed by atoms with Crippen LogP contribution in [0.25, 0.3) is 0 Å². The summed E-state index contributed by atoms with van der Waals surface area (Å²) < 4.78 is 5.25. The van der Waals surface area contributed by atoms with Crippen LogP contribution in [0.5, 0.6) is 0 Å². The Morgan fingerprint density at radius 3 is 2.53 bits per heavy atom. The number of aliphatic hydroxyl groups excluding tert-OH is 1. The van der Waals surface area contributed by atoms with Gasteiger partial charge < -0.3 is 9.84 Å². The second-order valence-electron chi connectivity index (χ2n) is 4.26. The van der Waals surface area contributed by atoms with Gasteiger partial charge in [0.2, 0.25) is 0 Å². The standard InChI is InChI=1S/C12H21NO2/c1-11(2)12(14)5-3-4-6-13-7-9-15-10-8-13/h11-12,14H,5-10H2,1-2H3. The van der Waals surface area contributed by atoms with E-state index in [-0.39, 0.29) is 6.10 Å². The largest absolute Gasteiger partial charge is 0.392 e. The van der Waals surface area contributed by atoms with E-state index in [1.54, 1.807) is 0 Å². The summed E-state index contributed by atoms with van der Waals surface area (Å²) >= 11 is 0. The van der Waals surface area contributed by atoms with Crippen molar-refractivity contribution in [2.45, 2.75) is 26.4 Å². The molecule has 0 aliphatic carbocycles. The Morgan fingerprint density at radius 1 is 1.27 bits per heavy atom. The minimum absolute atomic E-state index is 0.290. The normalized spacial score (nSPS) is 19.7. The van der Waals surface area contributed by atoms with Crippen LogP contribution in [0.4, 0.5) is 0 Å². The Balaban J connectivity index is 2.15. The molecule has 1 heterocycles. The molecule has 1 unspecified atom stereocenters. The molecule has 1 N–H and O–H groups in total. The molecule has 1 saturated heterocycles. The van der Waals surface area contributed by atoms with Gasteiger partial charge in [-0.25, -0.2) is 0 Å². The summed E-state index contributed by atoms with van der Waals surface area (Å²) in [6, 6.07) is 0. The van der Waals surface area contributed by atoms with Crippen molar-refractivity contribution >= 4 is 0 Å². The molecular weight excluding hydrogens is 190 g/mol. The van der Waals surface area contributed by atoms with Gasteiger partial charge in [0.25, 0.3) is 0 Å². The first-order valence-corrected chi connectivity index (χ1v) is 5.64. The van der Waals surface area contributed by atoms with Crippen molar-refractivity contribution in [3.63, 3.8) is 0 Å². The summed E-state index contributed by atoms with van der Waals surface area (Å²) in [5.74, 6) is 6.43. The van der Waals surface area contributed by atoms with Gasteiger partial charge >= 0.3 is 0 Å². The van der Waals surface area contributed by atoms with E-state index in [0.29, 0.717) is 12.3 Å². The Labute approximate surface area is 92.4 Å². The molecule has 0 radical (unpaired) electrons. The van der Waals surface area contributed by atoms with Crippen molar-refractivity contribution in [2.75, 3.05) is 32.8 Å². The minimum atomic E-state index is -0.290. The molecule has 1 rings (SSSR count). The first-order chi connectivity index (χ1) is 7.20. The molecule has 0 aromatic rings. The average Bonchev–Trinajstić information content (AvgIpc) is 2.25. The molecule has 3 nitrogen and oxygen atoms in total. The van der Waals surface area contributed by atoms with Crippen LogP contribution in [-0.4, -0.2) is 49.0 Å². The van der Waals surface area contributed by atoms with Crippen molar-refractivity contribution in [1.82, 2.24) is 4.90 Å². The fraction of sp³-hybridized carbons (Fsp3) is 0.833. The lowest BCUT2D eigenvalue weighted by molar-refractivity contribution is 0.0443. The van der Waals surface area contributed by atoms with Gasteiger partial charge in [-0.15, -0.1) is 0 Å². The van der Waals surface area contributed by atoms with Crippen molar-refractivity contribution in [3.05, 3.63) is 0 Å². The molecule has 3 heteroatoms. The van der Waals surface area contributed by atoms with E-state index in [4.69, 9.17) is 4.74 Å². The van der Waals surface area contributed by atoms with Crippen LogP contribution in [0.3, 0.4) is 0 Å². The summed E-state index contributed by atoms with van der Waals surface area (Å²) in [5, 5.41) is 9.53. The van der Waals surface area contributed by atoms with Gasteiger partial charge in [0, 0.05) is 19.5 Å². The van der Waals surface area contributed by atoms with E-state index in [1.165, 1.54) is 0 Å². The lowest BCUT2D eigenvalue weighted by Crippen LogP contribution is -2.36. The number of nitrogens with zero attached hydrogens (tertiary/aromatic N) is 1. The predicted molar refractivity (Wildman–Crippen MR) is 60.5 cm³/mol. The summed E-state index contributed by atoms with van der Waals surface area (Å²) in [4.78, 5) is 2.28. The van der Waals surface area contributed by atoms with E-state index in [1.807, 2.05) is 13.8 Å². The number of morpholine rings is 1. The molecule has 1 aliphatic heterocycles. The summed E-state index contributed by atoms with van der Waals surface area (Å²) in [7, 11) is 0. The molecule has 15 heavy (non-hydrogen) atoms. The quantitative estimate of drug-likeness (QED) is 0.699. The SMILES string of the molecule is CC(C)C(O)CC#CCN1CCOCC1. The maximum Gasteiger partial charge on any atom is 0.0672 e. The van der Waals surface area contributed by atoms with Gasteiger partial charge in [0.1, 0.15) is 0 Å². The van der Waals surface area contributed by atoms with E-state index >= 15 is 0 Å². The van der Waals surface area contributed by atoms with Crippen LogP contribution in [0.2, 0.25) is 0 Å². The topological polar surface area (TPSA) is 32.7 Å². The summed E-state index contributed by atoms with van der Waals surface area (Å²) in [6.45, 7) is 8.40. The number of hydrogen-bond acceptors (Lipinski definition) is 3. The predicted octanol–water partition coefficient (Wildman–Crippen LogP) is 0.729. The van der Waals surface area contributed by atoms with E-state index < -0.39 is 0 Å². The molecular formula is C12H21NO2. The number of ether oxygens (including phenoxy) is 1. The third-order valence-electron chi connectivity index (χ3n) is 2.61. The van der Waals surface area contributed by atoms with E-state index in [0.717, 1.165) is 32.8 Å². The zero-order chi connectivity index (χ0) is 11.1. The molecule has 0 bridgehead atoms. The average molecular weight is 211 g/mol. The third kappa shape index (κ3) is 5.17. The van der Waals surface area contributed by atoms with Gasteiger partial charge in [0.15, 0.2) is 0 Å². The maximum absolute atomic E-state index is 9.53. The van der Waals surface area contributed by atoms with Crippen molar-refractivity contribution in [1.29, 1.82) is 0 Å². The molecule has 1 fully saturated rings. The maximum atomic E-state index is 9.53. The van der Waals surface area contributed by atoms with Gasteiger partial charge in [-0.2, -0.15) is 0 Å².